The zero-order valence-electron chi connectivity index (χ0n) is 23.0. The third-order valence-corrected chi connectivity index (χ3v) is 7.65. The standard InChI is InChI=1S/C31H34FN5O3/c1-20-3-7-24(32)17-29(20)40-30-18-26(33-9-10-36-11-13-39-14-12-36)31-34-19-27(37(31)35-30)23-6-8-25(21(2)15-23)28(38)16-22-4-5-22/h3,6-8,15,17-19,22,33H,4-5,9-14,16H2,1-2H3. The van der Waals surface area contributed by atoms with Crippen molar-refractivity contribution < 1.29 is 18.7 Å². The van der Waals surface area contributed by atoms with Crippen molar-refractivity contribution in [1.29, 1.82) is 0 Å². The smallest absolute Gasteiger partial charge is 0.239 e. The fourth-order valence-corrected chi connectivity index (χ4v) is 5.12. The molecule has 8 nitrogen and oxygen atoms in total. The Morgan fingerprint density at radius 1 is 1.10 bits per heavy atom. The molecule has 0 unspecified atom stereocenters. The summed E-state index contributed by atoms with van der Waals surface area (Å²) in [6, 6.07) is 12.1. The van der Waals surface area contributed by atoms with E-state index in [1.165, 1.54) is 12.1 Å². The molecule has 4 aromatic rings. The number of hydrogen-bond donors (Lipinski definition) is 1. The van der Waals surface area contributed by atoms with Crippen LogP contribution in [-0.2, 0) is 4.74 Å². The number of nitrogens with zero attached hydrogens (tertiary/aromatic N) is 4. The maximum atomic E-state index is 14.0. The molecule has 0 amide bonds. The molecule has 1 saturated carbocycles. The minimum Gasteiger partial charge on any atom is -0.437 e. The van der Waals surface area contributed by atoms with Crippen molar-refractivity contribution in [3.05, 3.63) is 71.2 Å². The molecule has 3 heterocycles. The van der Waals surface area contributed by atoms with E-state index in [2.05, 4.69) is 10.2 Å². The summed E-state index contributed by atoms with van der Waals surface area (Å²) in [5, 5.41) is 8.25. The monoisotopic (exact) mass is 543 g/mol. The number of hydrogen-bond acceptors (Lipinski definition) is 7. The lowest BCUT2D eigenvalue weighted by Crippen LogP contribution is -2.39. The van der Waals surface area contributed by atoms with Crippen LogP contribution in [0, 0.1) is 25.6 Å². The lowest BCUT2D eigenvalue weighted by Gasteiger charge is -2.26. The number of ether oxygens (including phenoxy) is 2. The van der Waals surface area contributed by atoms with Crippen LogP contribution < -0.4 is 10.1 Å². The van der Waals surface area contributed by atoms with Crippen molar-refractivity contribution >= 4 is 17.1 Å². The number of Topliss-reactive ketones (excluding diaryl/α,β-unsaturated/α-hetero) is 1. The summed E-state index contributed by atoms with van der Waals surface area (Å²) >= 11 is 0. The average molecular weight is 544 g/mol. The van der Waals surface area contributed by atoms with Crippen LogP contribution in [0.15, 0.2) is 48.7 Å². The first-order valence-corrected chi connectivity index (χ1v) is 14.0. The topological polar surface area (TPSA) is 81.0 Å². The van der Waals surface area contributed by atoms with Gasteiger partial charge in [0.15, 0.2) is 11.4 Å². The van der Waals surface area contributed by atoms with Crippen molar-refractivity contribution in [1.82, 2.24) is 19.5 Å². The van der Waals surface area contributed by atoms with E-state index < -0.39 is 0 Å². The first-order chi connectivity index (χ1) is 19.4. The van der Waals surface area contributed by atoms with Crippen LogP contribution in [0.25, 0.3) is 16.9 Å². The molecule has 9 heteroatoms. The number of aryl methyl sites for hydroxylation is 2. The highest BCUT2D eigenvalue weighted by Crippen LogP contribution is 2.35. The van der Waals surface area contributed by atoms with Gasteiger partial charge in [0.2, 0.25) is 5.88 Å². The van der Waals surface area contributed by atoms with Gasteiger partial charge in [0, 0.05) is 55.9 Å². The molecule has 2 aromatic carbocycles. The van der Waals surface area contributed by atoms with E-state index in [9.17, 15) is 9.18 Å². The van der Waals surface area contributed by atoms with Crippen molar-refractivity contribution in [3.8, 4) is 22.9 Å². The molecule has 6 rings (SSSR count). The molecule has 2 fully saturated rings. The first kappa shape index (κ1) is 26.4. The van der Waals surface area contributed by atoms with E-state index in [1.54, 1.807) is 22.8 Å². The fourth-order valence-electron chi connectivity index (χ4n) is 5.12. The largest absolute Gasteiger partial charge is 0.437 e. The van der Waals surface area contributed by atoms with Crippen LogP contribution in [0.4, 0.5) is 10.1 Å². The molecular weight excluding hydrogens is 509 g/mol. The SMILES string of the molecule is Cc1ccc(F)cc1Oc1cc(NCCN2CCOCC2)c2ncc(-c3ccc(C(=O)CC4CC4)c(C)c3)n2n1. The van der Waals surface area contributed by atoms with E-state index in [1.807, 2.05) is 32.0 Å². The molecule has 0 atom stereocenters. The van der Waals surface area contributed by atoms with Crippen LogP contribution in [-0.4, -0.2) is 64.7 Å². The highest BCUT2D eigenvalue weighted by Gasteiger charge is 2.26. The summed E-state index contributed by atoms with van der Waals surface area (Å²) in [5.74, 6) is 1.10. The summed E-state index contributed by atoms with van der Waals surface area (Å²) in [6.07, 6.45) is 4.71. The van der Waals surface area contributed by atoms with E-state index in [4.69, 9.17) is 19.6 Å². The van der Waals surface area contributed by atoms with Gasteiger partial charge in [-0.2, -0.15) is 0 Å². The zero-order chi connectivity index (χ0) is 27.6. The van der Waals surface area contributed by atoms with Gasteiger partial charge in [0.05, 0.1) is 30.8 Å². The minimum atomic E-state index is -0.374. The number of fused-ring (bicyclic) bond motifs is 1. The number of morpholine rings is 1. The van der Waals surface area contributed by atoms with Crippen LogP contribution in [0.3, 0.4) is 0 Å². The summed E-state index contributed by atoms with van der Waals surface area (Å²) in [6.45, 7) is 8.72. The number of nitrogens with one attached hydrogen (secondary N) is 1. The molecule has 2 aromatic heterocycles. The fraction of sp³-hybridized carbons (Fsp3) is 0.387. The molecule has 0 radical (unpaired) electrons. The number of anilines is 1. The van der Waals surface area contributed by atoms with Gasteiger partial charge in [0.1, 0.15) is 11.6 Å². The van der Waals surface area contributed by atoms with Crippen LogP contribution >= 0.6 is 0 Å². The third-order valence-electron chi connectivity index (χ3n) is 7.65. The lowest BCUT2D eigenvalue weighted by molar-refractivity contribution is 0.0398. The van der Waals surface area contributed by atoms with Crippen LogP contribution in [0.5, 0.6) is 11.6 Å². The van der Waals surface area contributed by atoms with Crippen LogP contribution in [0.2, 0.25) is 0 Å². The van der Waals surface area contributed by atoms with Gasteiger partial charge < -0.3 is 14.8 Å². The number of halogens is 1. The maximum Gasteiger partial charge on any atom is 0.239 e. The molecular formula is C31H34FN5O3. The molecule has 40 heavy (non-hydrogen) atoms. The van der Waals surface area contributed by atoms with Gasteiger partial charge in [-0.1, -0.05) is 18.2 Å². The van der Waals surface area contributed by atoms with Crippen LogP contribution in [0.1, 0.15) is 40.7 Å². The molecule has 0 bridgehead atoms. The Kier molecular flexibility index (Phi) is 7.49. The molecule has 0 spiro atoms. The minimum absolute atomic E-state index is 0.204. The summed E-state index contributed by atoms with van der Waals surface area (Å²) in [7, 11) is 0. The summed E-state index contributed by atoms with van der Waals surface area (Å²) in [5.41, 5.74) is 5.62. The molecule has 1 aliphatic heterocycles. The second-order valence-electron chi connectivity index (χ2n) is 10.8. The van der Waals surface area contributed by atoms with E-state index >= 15 is 0 Å². The van der Waals surface area contributed by atoms with E-state index in [0.717, 1.165) is 79.3 Å². The van der Waals surface area contributed by atoms with Crippen molar-refractivity contribution in [2.24, 2.45) is 5.92 Å². The molecule has 1 N–H and O–H groups in total. The number of carbonyl (C=O) groups excluding carboxylic acids is 1. The Morgan fingerprint density at radius 3 is 2.70 bits per heavy atom. The molecule has 1 saturated heterocycles. The van der Waals surface area contributed by atoms with Gasteiger partial charge >= 0.3 is 0 Å². The van der Waals surface area contributed by atoms with Gasteiger partial charge in [-0.3, -0.25) is 9.69 Å². The first-order valence-electron chi connectivity index (χ1n) is 14.0. The summed E-state index contributed by atoms with van der Waals surface area (Å²) in [4.78, 5) is 19.8. The zero-order valence-corrected chi connectivity index (χ0v) is 23.0. The van der Waals surface area contributed by atoms with E-state index in [0.29, 0.717) is 36.2 Å². The highest BCUT2D eigenvalue weighted by molar-refractivity contribution is 5.98. The number of ketones is 1. The predicted octanol–water partition coefficient (Wildman–Crippen LogP) is 5.67. The van der Waals surface area contributed by atoms with Crippen molar-refractivity contribution in [2.45, 2.75) is 33.1 Å². The Hall–Kier alpha value is -3.82. The van der Waals surface area contributed by atoms with E-state index in [-0.39, 0.29) is 11.6 Å². The summed E-state index contributed by atoms with van der Waals surface area (Å²) < 4.78 is 27.3. The highest BCUT2D eigenvalue weighted by atomic mass is 19.1. The lowest BCUT2D eigenvalue weighted by atomic mass is 9.98. The van der Waals surface area contributed by atoms with Gasteiger partial charge in [-0.05, 0) is 55.9 Å². The second kappa shape index (κ2) is 11.3. The Morgan fingerprint density at radius 2 is 1.93 bits per heavy atom. The van der Waals surface area contributed by atoms with Gasteiger partial charge in [-0.15, -0.1) is 5.10 Å². The second-order valence-corrected chi connectivity index (χ2v) is 10.8. The molecule has 1 aliphatic carbocycles. The van der Waals surface area contributed by atoms with Gasteiger partial charge in [0.25, 0.3) is 0 Å². The molecule has 2 aliphatic rings. The number of rotatable bonds is 10. The quantitative estimate of drug-likeness (QED) is 0.258. The Bertz CT molecular complexity index is 1540. The van der Waals surface area contributed by atoms with Crippen molar-refractivity contribution in [3.63, 3.8) is 0 Å². The Labute approximate surface area is 233 Å². The number of carbonyl (C=O) groups is 1. The number of imidazole rings is 1. The molecule has 208 valence electrons. The Balaban J connectivity index is 1.33. The number of aromatic nitrogens is 3. The maximum absolute atomic E-state index is 14.0. The normalized spacial score (nSPS) is 15.9. The average Bonchev–Trinajstić information content (AvgIpc) is 3.66. The van der Waals surface area contributed by atoms with Crippen molar-refractivity contribution in [2.75, 3.05) is 44.7 Å². The number of benzene rings is 2. The van der Waals surface area contributed by atoms with Gasteiger partial charge in [-0.25, -0.2) is 13.9 Å². The third kappa shape index (κ3) is 5.85. The predicted molar refractivity (Wildman–Crippen MR) is 152 cm³/mol.